The van der Waals surface area contributed by atoms with E-state index < -0.39 is 18.8 Å². The largest absolute Gasteiger partial charge is 0.483 e. The van der Waals surface area contributed by atoms with E-state index in [9.17, 15) is 22.8 Å². The number of aryl methyl sites for hydroxylation is 1. The van der Waals surface area contributed by atoms with E-state index >= 15 is 0 Å². The highest BCUT2D eigenvalue weighted by Gasteiger charge is 2.37. The lowest BCUT2D eigenvalue weighted by Gasteiger charge is -2.39. The van der Waals surface area contributed by atoms with Crippen molar-refractivity contribution in [3.05, 3.63) is 65.3 Å². The summed E-state index contributed by atoms with van der Waals surface area (Å²) in [5, 5.41) is 8.73. The topological polar surface area (TPSA) is 66.8 Å². The molecule has 0 saturated heterocycles. The Bertz CT molecular complexity index is 1200. The van der Waals surface area contributed by atoms with Gasteiger partial charge in [-0.3, -0.25) is 4.79 Å². The van der Waals surface area contributed by atoms with Gasteiger partial charge in [-0.2, -0.15) is 13.2 Å². The molecule has 0 fully saturated rings. The first-order valence-corrected chi connectivity index (χ1v) is 11.2. The first-order chi connectivity index (χ1) is 16.3. The van der Waals surface area contributed by atoms with Crippen LogP contribution in [0.25, 0.3) is 17.2 Å². The molecule has 3 rings (SSSR count). The van der Waals surface area contributed by atoms with E-state index in [-0.39, 0.29) is 17.1 Å². The Morgan fingerprint density at radius 1 is 1.17 bits per heavy atom. The number of nitrogens with zero attached hydrogens (tertiary/aromatic N) is 1. The molecular weight excluding hydrogens is 459 g/mol. The number of rotatable bonds is 7. The van der Waals surface area contributed by atoms with Crippen molar-refractivity contribution in [3.8, 4) is 16.9 Å². The zero-order valence-corrected chi connectivity index (χ0v) is 20.1. The summed E-state index contributed by atoms with van der Waals surface area (Å²) in [6.45, 7) is 6.80. The molecule has 1 heterocycles. The predicted octanol–water partition coefficient (Wildman–Crippen LogP) is 6.29. The van der Waals surface area contributed by atoms with E-state index in [0.29, 0.717) is 29.7 Å². The summed E-state index contributed by atoms with van der Waals surface area (Å²) in [6.07, 6.45) is 1.38. The number of allylic oxidation sites excluding steroid dienone is 2. The van der Waals surface area contributed by atoms with Crippen LogP contribution in [0.5, 0.6) is 5.75 Å². The fourth-order valence-corrected chi connectivity index (χ4v) is 4.25. The van der Waals surface area contributed by atoms with E-state index in [1.165, 1.54) is 18.2 Å². The number of hydrogen-bond donors (Lipinski definition) is 1. The van der Waals surface area contributed by atoms with Crippen LogP contribution in [0.15, 0.2) is 48.6 Å². The molecule has 0 saturated carbocycles. The summed E-state index contributed by atoms with van der Waals surface area (Å²) >= 11 is 0. The highest BCUT2D eigenvalue weighted by atomic mass is 19.4. The van der Waals surface area contributed by atoms with Gasteiger partial charge in [0.15, 0.2) is 6.61 Å². The Morgan fingerprint density at radius 3 is 2.51 bits per heavy atom. The number of halogens is 3. The number of aliphatic carboxylic acids is 1. The third-order valence-corrected chi connectivity index (χ3v) is 5.90. The minimum absolute atomic E-state index is 0.00440. The van der Waals surface area contributed by atoms with E-state index in [1.807, 2.05) is 39.8 Å². The predicted molar refractivity (Wildman–Crippen MR) is 130 cm³/mol. The van der Waals surface area contributed by atoms with Crippen LogP contribution in [0.2, 0.25) is 0 Å². The van der Waals surface area contributed by atoms with E-state index in [2.05, 4.69) is 0 Å². The maximum absolute atomic E-state index is 12.9. The van der Waals surface area contributed by atoms with Crippen LogP contribution >= 0.6 is 0 Å². The molecule has 0 aliphatic carbocycles. The molecule has 1 aliphatic heterocycles. The van der Waals surface area contributed by atoms with Crippen LogP contribution in [0, 0.1) is 6.92 Å². The van der Waals surface area contributed by atoms with Crippen molar-refractivity contribution in [2.24, 2.45) is 0 Å². The molecule has 2 aromatic rings. The number of benzene rings is 2. The zero-order valence-electron chi connectivity index (χ0n) is 20.1. The Morgan fingerprint density at radius 2 is 1.89 bits per heavy atom. The molecule has 0 atom stereocenters. The van der Waals surface area contributed by atoms with Crippen molar-refractivity contribution < 1.29 is 32.6 Å². The zero-order chi connectivity index (χ0) is 26.0. The molecule has 1 amide bonds. The quantitative estimate of drug-likeness (QED) is 0.368. The molecule has 1 N–H and O–H groups in total. The van der Waals surface area contributed by atoms with Gasteiger partial charge in [0.25, 0.3) is 0 Å². The second-order valence-corrected chi connectivity index (χ2v) is 9.10. The molecule has 0 unspecified atom stereocenters. The molecule has 0 spiro atoms. The second-order valence-electron chi connectivity index (χ2n) is 9.10. The number of carbonyl (C=O) groups excluding carboxylic acids is 1. The summed E-state index contributed by atoms with van der Waals surface area (Å²) in [6, 6.07) is 8.59. The minimum atomic E-state index is -4.50. The maximum atomic E-state index is 12.9. The molecule has 0 radical (unpaired) electrons. The highest BCUT2D eigenvalue weighted by molar-refractivity contribution is 5.99. The molecule has 0 bridgehead atoms. The molecule has 186 valence electrons. The molecule has 0 aromatic heterocycles. The lowest BCUT2D eigenvalue weighted by molar-refractivity contribution is -0.153. The molecule has 5 nitrogen and oxygen atoms in total. The van der Waals surface area contributed by atoms with Crippen molar-refractivity contribution in [2.45, 2.75) is 45.7 Å². The molecule has 1 aliphatic rings. The van der Waals surface area contributed by atoms with Crippen LogP contribution in [0.4, 0.5) is 18.9 Å². The molecular formula is C27H28F3NO4. The number of carboxylic acids is 1. The lowest BCUT2D eigenvalue weighted by Crippen LogP contribution is -2.41. The van der Waals surface area contributed by atoms with Crippen molar-refractivity contribution in [1.29, 1.82) is 0 Å². The second kappa shape index (κ2) is 9.98. The number of anilines is 1. The fourth-order valence-electron chi connectivity index (χ4n) is 4.25. The van der Waals surface area contributed by atoms with Gasteiger partial charge < -0.3 is 14.7 Å². The van der Waals surface area contributed by atoms with Crippen molar-refractivity contribution in [1.82, 2.24) is 0 Å². The van der Waals surface area contributed by atoms with Crippen LogP contribution in [0.3, 0.4) is 0 Å². The summed E-state index contributed by atoms with van der Waals surface area (Å²) in [5.41, 5.74) is 3.96. The third kappa shape index (κ3) is 6.12. The van der Waals surface area contributed by atoms with Gasteiger partial charge in [0.2, 0.25) is 5.91 Å². The van der Waals surface area contributed by atoms with Crippen LogP contribution < -0.4 is 9.64 Å². The van der Waals surface area contributed by atoms with E-state index in [0.717, 1.165) is 22.9 Å². The van der Waals surface area contributed by atoms with Gasteiger partial charge in [-0.25, -0.2) is 4.79 Å². The van der Waals surface area contributed by atoms with Crippen LogP contribution in [0.1, 0.15) is 43.9 Å². The van der Waals surface area contributed by atoms with Gasteiger partial charge in [0, 0.05) is 35.7 Å². The van der Waals surface area contributed by atoms with E-state index in [4.69, 9.17) is 9.84 Å². The summed E-state index contributed by atoms with van der Waals surface area (Å²) in [4.78, 5) is 25.1. The Balaban J connectivity index is 2.16. The Hall–Kier alpha value is -3.55. The normalized spacial score (nSPS) is 15.6. The van der Waals surface area contributed by atoms with Gasteiger partial charge in [-0.1, -0.05) is 44.2 Å². The monoisotopic (exact) mass is 487 g/mol. The first-order valence-electron chi connectivity index (χ1n) is 11.2. The average Bonchev–Trinajstić information content (AvgIpc) is 2.75. The number of carbonyl (C=O) groups is 2. The number of amides is 1. The van der Waals surface area contributed by atoms with Gasteiger partial charge in [-0.15, -0.1) is 0 Å². The summed E-state index contributed by atoms with van der Waals surface area (Å²) < 4.78 is 43.9. The number of ether oxygens (including phenoxy) is 1. The fraction of sp³-hybridized carbons (Fsp3) is 0.333. The summed E-state index contributed by atoms with van der Waals surface area (Å²) in [7, 11) is 0. The van der Waals surface area contributed by atoms with Crippen molar-refractivity contribution in [3.63, 3.8) is 0 Å². The number of carboxylic acid groups (broad SMARTS) is 1. The van der Waals surface area contributed by atoms with Crippen molar-refractivity contribution >= 4 is 23.6 Å². The van der Waals surface area contributed by atoms with Gasteiger partial charge in [-0.05, 0) is 54.3 Å². The van der Waals surface area contributed by atoms with Gasteiger partial charge in [0.1, 0.15) is 5.75 Å². The number of fused-ring (bicyclic) bond motifs is 1. The third-order valence-electron chi connectivity index (χ3n) is 5.90. The highest BCUT2D eigenvalue weighted by Crippen LogP contribution is 2.45. The number of alkyl halides is 3. The van der Waals surface area contributed by atoms with Crippen LogP contribution in [-0.2, 0) is 15.0 Å². The van der Waals surface area contributed by atoms with Gasteiger partial charge >= 0.3 is 12.1 Å². The van der Waals surface area contributed by atoms with Crippen molar-refractivity contribution in [2.75, 3.05) is 18.1 Å². The molecule has 35 heavy (non-hydrogen) atoms. The van der Waals surface area contributed by atoms with E-state index in [1.54, 1.807) is 23.1 Å². The first kappa shape index (κ1) is 26.1. The maximum Gasteiger partial charge on any atom is 0.422 e. The standard InChI is InChI=1S/C27H28F3NO4/c1-5-31-22-14-19(17(2)12-21(22)26(3,4)15-24(31)32)20-13-18(8-6-7-9-25(33)34)10-11-23(20)35-16-27(28,29)30/h6-14H,5,15-16H2,1-4H3,(H,33,34)/b8-6+,9-7+. The lowest BCUT2D eigenvalue weighted by atomic mass is 9.75. The molecule has 8 heteroatoms. The average molecular weight is 488 g/mol. The van der Waals surface area contributed by atoms with Gasteiger partial charge in [0.05, 0.1) is 0 Å². The minimum Gasteiger partial charge on any atom is -0.483 e. The Kier molecular flexibility index (Phi) is 7.43. The number of hydrogen-bond acceptors (Lipinski definition) is 3. The summed E-state index contributed by atoms with van der Waals surface area (Å²) in [5.74, 6) is -1.03. The Labute approximate surface area is 202 Å². The SMILES string of the molecule is CCN1C(=O)CC(C)(C)c2cc(C)c(-c3cc(/C=C/C=C/C(=O)O)ccc3OCC(F)(F)F)cc21. The van der Waals surface area contributed by atoms with Crippen LogP contribution in [-0.4, -0.2) is 36.3 Å². The molecule has 2 aromatic carbocycles. The smallest absolute Gasteiger partial charge is 0.422 e.